The molecule has 0 N–H and O–H groups in total. The molecule has 19 heavy (non-hydrogen) atoms. The molecule has 2 nitrogen and oxygen atoms in total. The molecule has 2 aliphatic rings. The van der Waals surface area contributed by atoms with Crippen molar-refractivity contribution in [1.29, 1.82) is 0 Å². The van der Waals surface area contributed by atoms with Crippen molar-refractivity contribution in [2.24, 2.45) is 11.8 Å². The van der Waals surface area contributed by atoms with E-state index in [4.69, 9.17) is 0 Å². The maximum atomic E-state index is 2.52. The Morgan fingerprint density at radius 3 is 1.58 bits per heavy atom. The van der Waals surface area contributed by atoms with E-state index in [2.05, 4.69) is 37.7 Å². The second kappa shape index (κ2) is 7.08. The molecule has 0 radical (unpaired) electrons. The molecule has 2 aliphatic heterocycles. The lowest BCUT2D eigenvalue weighted by Gasteiger charge is -2.36. The van der Waals surface area contributed by atoms with E-state index in [0.29, 0.717) is 0 Å². The van der Waals surface area contributed by atoms with Gasteiger partial charge in [-0.15, -0.1) is 0 Å². The fraction of sp³-hybridized carbons (Fsp3) is 1.00. The summed E-state index contributed by atoms with van der Waals surface area (Å²) >= 11 is 0. The number of nitrogens with zero attached hydrogens (tertiary/aromatic N) is 2. The van der Waals surface area contributed by atoms with E-state index in [9.17, 15) is 0 Å². The van der Waals surface area contributed by atoms with Crippen molar-refractivity contribution in [3.63, 3.8) is 0 Å². The molecule has 2 rings (SSSR count). The van der Waals surface area contributed by atoms with Crippen LogP contribution in [0.3, 0.4) is 0 Å². The summed E-state index contributed by atoms with van der Waals surface area (Å²) in [6, 6.07) is 1.62. The number of piperidine rings is 2. The monoisotopic (exact) mass is 266 g/mol. The van der Waals surface area contributed by atoms with Crippen LogP contribution in [0.15, 0.2) is 0 Å². The smallest absolute Gasteiger partial charge is 0.00665 e. The van der Waals surface area contributed by atoms with E-state index < -0.39 is 0 Å². The van der Waals surface area contributed by atoms with Crippen molar-refractivity contribution in [2.75, 3.05) is 27.2 Å². The zero-order valence-corrected chi connectivity index (χ0v) is 13.6. The normalized spacial score (nSPS) is 38.5. The van der Waals surface area contributed by atoms with Crippen molar-refractivity contribution in [2.45, 2.75) is 70.9 Å². The molecule has 0 bridgehead atoms. The lowest BCUT2D eigenvalue weighted by Crippen LogP contribution is -2.38. The molecular formula is C17H34N2. The molecule has 0 amide bonds. The lowest BCUT2D eigenvalue weighted by atomic mass is 9.84. The Kier molecular flexibility index (Phi) is 5.70. The van der Waals surface area contributed by atoms with Crippen molar-refractivity contribution >= 4 is 0 Å². The molecule has 112 valence electrons. The van der Waals surface area contributed by atoms with Gasteiger partial charge >= 0.3 is 0 Å². The Morgan fingerprint density at radius 1 is 0.789 bits per heavy atom. The molecule has 2 heteroatoms. The van der Waals surface area contributed by atoms with Gasteiger partial charge in [-0.1, -0.05) is 19.3 Å². The molecule has 2 fully saturated rings. The molecular weight excluding hydrogens is 232 g/mol. The van der Waals surface area contributed by atoms with Crippen molar-refractivity contribution in [3.8, 4) is 0 Å². The van der Waals surface area contributed by atoms with Crippen molar-refractivity contribution < 1.29 is 0 Å². The first kappa shape index (κ1) is 15.3. The Morgan fingerprint density at radius 2 is 1.21 bits per heavy atom. The second-order valence-corrected chi connectivity index (χ2v) is 7.37. The Balaban J connectivity index is 1.61. The van der Waals surface area contributed by atoms with Gasteiger partial charge in [0.1, 0.15) is 0 Å². The zero-order chi connectivity index (χ0) is 13.8. The van der Waals surface area contributed by atoms with E-state index in [-0.39, 0.29) is 0 Å². The Hall–Kier alpha value is -0.0800. The summed E-state index contributed by atoms with van der Waals surface area (Å²) in [6.45, 7) is 7.42. The predicted molar refractivity (Wildman–Crippen MR) is 83.5 cm³/mol. The molecule has 0 aliphatic carbocycles. The van der Waals surface area contributed by atoms with Crippen LogP contribution in [-0.2, 0) is 0 Å². The molecule has 2 heterocycles. The lowest BCUT2D eigenvalue weighted by molar-refractivity contribution is 0.133. The molecule has 0 saturated carbocycles. The van der Waals surface area contributed by atoms with Gasteiger partial charge in [0.05, 0.1) is 0 Å². The highest BCUT2D eigenvalue weighted by atomic mass is 15.1. The van der Waals surface area contributed by atoms with Gasteiger partial charge in [-0.2, -0.15) is 0 Å². The van der Waals surface area contributed by atoms with Crippen LogP contribution in [-0.4, -0.2) is 49.1 Å². The minimum absolute atomic E-state index is 0.808. The maximum Gasteiger partial charge on any atom is 0.00665 e. The van der Waals surface area contributed by atoms with Gasteiger partial charge in [-0.25, -0.2) is 0 Å². The first-order chi connectivity index (χ1) is 9.06. The summed E-state index contributed by atoms with van der Waals surface area (Å²) in [5.41, 5.74) is 0. The van der Waals surface area contributed by atoms with Gasteiger partial charge in [0, 0.05) is 12.1 Å². The van der Waals surface area contributed by atoms with Gasteiger partial charge < -0.3 is 9.80 Å². The average Bonchev–Trinajstić information content (AvgIpc) is 2.38. The van der Waals surface area contributed by atoms with Gasteiger partial charge in [-0.05, 0) is 78.6 Å². The van der Waals surface area contributed by atoms with Crippen LogP contribution in [0.25, 0.3) is 0 Å². The number of hydrogen-bond acceptors (Lipinski definition) is 2. The van der Waals surface area contributed by atoms with Crippen LogP contribution in [0.2, 0.25) is 0 Å². The van der Waals surface area contributed by atoms with E-state index >= 15 is 0 Å². The summed E-state index contributed by atoms with van der Waals surface area (Å²) in [5, 5.41) is 0. The third kappa shape index (κ3) is 4.46. The Labute approximate surface area is 120 Å². The van der Waals surface area contributed by atoms with Gasteiger partial charge in [0.25, 0.3) is 0 Å². The van der Waals surface area contributed by atoms with Crippen LogP contribution in [0.5, 0.6) is 0 Å². The number of hydrogen-bond donors (Lipinski definition) is 0. The Bertz CT molecular complexity index is 240. The highest BCUT2D eigenvalue weighted by molar-refractivity contribution is 4.79. The second-order valence-electron chi connectivity index (χ2n) is 7.37. The third-order valence-electron chi connectivity index (χ3n) is 5.86. The molecule has 0 spiro atoms. The summed E-state index contributed by atoms with van der Waals surface area (Å²) < 4.78 is 0. The molecule has 0 aromatic heterocycles. The quantitative estimate of drug-likeness (QED) is 0.767. The van der Waals surface area contributed by atoms with Crippen molar-refractivity contribution in [3.05, 3.63) is 0 Å². The van der Waals surface area contributed by atoms with E-state index in [0.717, 1.165) is 23.9 Å². The van der Waals surface area contributed by atoms with E-state index in [1.54, 1.807) is 0 Å². The minimum atomic E-state index is 0.808. The van der Waals surface area contributed by atoms with Crippen LogP contribution >= 0.6 is 0 Å². The van der Waals surface area contributed by atoms with Crippen LogP contribution < -0.4 is 0 Å². The standard InChI is InChI=1S/C17H34N2/c1-14-12-16(8-10-18(14)3)6-5-7-17-9-11-19(4)15(2)13-17/h14-17H,5-13H2,1-4H3. The molecule has 0 aromatic carbocycles. The summed E-state index contributed by atoms with van der Waals surface area (Å²) in [5.74, 6) is 2.02. The van der Waals surface area contributed by atoms with Gasteiger partial charge in [0.15, 0.2) is 0 Å². The van der Waals surface area contributed by atoms with Gasteiger partial charge in [0.2, 0.25) is 0 Å². The third-order valence-corrected chi connectivity index (χ3v) is 5.86. The average molecular weight is 266 g/mol. The molecule has 4 unspecified atom stereocenters. The molecule has 4 atom stereocenters. The van der Waals surface area contributed by atoms with E-state index in [1.807, 2.05) is 0 Å². The number of rotatable bonds is 4. The highest BCUT2D eigenvalue weighted by Crippen LogP contribution is 2.30. The number of likely N-dealkylation sites (tertiary alicyclic amines) is 2. The fourth-order valence-corrected chi connectivity index (χ4v) is 3.99. The van der Waals surface area contributed by atoms with Crippen molar-refractivity contribution in [1.82, 2.24) is 9.80 Å². The summed E-state index contributed by atoms with van der Waals surface area (Å²) in [6.07, 6.45) is 10.2. The SMILES string of the molecule is CC1CC(CCCC2CCN(C)C(C)C2)CCN1C. The topological polar surface area (TPSA) is 6.48 Å². The first-order valence-corrected chi connectivity index (χ1v) is 8.46. The van der Waals surface area contributed by atoms with Crippen LogP contribution in [0.4, 0.5) is 0 Å². The highest BCUT2D eigenvalue weighted by Gasteiger charge is 2.24. The molecule has 2 saturated heterocycles. The minimum Gasteiger partial charge on any atom is -0.304 e. The molecule has 0 aromatic rings. The first-order valence-electron chi connectivity index (χ1n) is 8.46. The summed E-state index contributed by atoms with van der Waals surface area (Å²) in [4.78, 5) is 5.05. The van der Waals surface area contributed by atoms with Crippen LogP contribution in [0.1, 0.15) is 58.8 Å². The summed E-state index contributed by atoms with van der Waals surface area (Å²) in [7, 11) is 4.56. The maximum absolute atomic E-state index is 2.52. The van der Waals surface area contributed by atoms with E-state index in [1.165, 1.54) is 58.0 Å². The largest absolute Gasteiger partial charge is 0.304 e. The fourth-order valence-electron chi connectivity index (χ4n) is 3.99. The van der Waals surface area contributed by atoms with Gasteiger partial charge in [-0.3, -0.25) is 0 Å². The predicted octanol–water partition coefficient (Wildman–Crippen LogP) is 3.62. The van der Waals surface area contributed by atoms with Crippen LogP contribution in [0, 0.1) is 11.8 Å². The zero-order valence-electron chi connectivity index (χ0n) is 13.6.